The van der Waals surface area contributed by atoms with Crippen molar-refractivity contribution in [2.75, 3.05) is 0 Å². The summed E-state index contributed by atoms with van der Waals surface area (Å²) in [5.41, 5.74) is -0.613. The fourth-order valence-corrected chi connectivity index (χ4v) is 4.21. The first kappa shape index (κ1) is 14.0. The van der Waals surface area contributed by atoms with Crippen LogP contribution < -0.4 is 0 Å². The number of aliphatic carboxylic acids is 2. The first-order valence-electron chi connectivity index (χ1n) is 6.99. The molecular formula is C14H20O5. The van der Waals surface area contributed by atoms with Gasteiger partial charge in [0.2, 0.25) is 0 Å². The van der Waals surface area contributed by atoms with E-state index in [4.69, 9.17) is 5.11 Å². The maximum absolute atomic E-state index is 11.9. The van der Waals surface area contributed by atoms with E-state index in [0.717, 1.165) is 38.5 Å². The fourth-order valence-electron chi connectivity index (χ4n) is 4.21. The normalized spacial score (nSPS) is 32.1. The van der Waals surface area contributed by atoms with Crippen molar-refractivity contribution in [3.8, 4) is 0 Å². The number of carbonyl (C=O) groups is 3. The minimum absolute atomic E-state index is 0.194. The van der Waals surface area contributed by atoms with Crippen molar-refractivity contribution in [1.82, 2.24) is 0 Å². The molecule has 0 saturated heterocycles. The van der Waals surface area contributed by atoms with Crippen LogP contribution >= 0.6 is 0 Å². The summed E-state index contributed by atoms with van der Waals surface area (Å²) in [5.74, 6) is -5.19. The molecule has 1 atom stereocenters. The summed E-state index contributed by atoms with van der Waals surface area (Å²) >= 11 is 0. The molecule has 0 aromatic rings. The Labute approximate surface area is 112 Å². The molecule has 0 aromatic heterocycles. The maximum atomic E-state index is 11.9. The molecule has 2 aliphatic carbocycles. The molecule has 5 heteroatoms. The number of rotatable bonds is 4. The molecule has 0 spiro atoms. The highest BCUT2D eigenvalue weighted by molar-refractivity contribution is 6.37. The molecular weight excluding hydrogens is 248 g/mol. The summed E-state index contributed by atoms with van der Waals surface area (Å²) in [6.45, 7) is 0. The van der Waals surface area contributed by atoms with E-state index in [1.54, 1.807) is 0 Å². The molecule has 0 radical (unpaired) electrons. The van der Waals surface area contributed by atoms with Crippen LogP contribution in [0.25, 0.3) is 0 Å². The molecule has 0 amide bonds. The highest BCUT2D eigenvalue weighted by atomic mass is 16.4. The summed E-state index contributed by atoms with van der Waals surface area (Å²) in [4.78, 5) is 34.3. The zero-order valence-corrected chi connectivity index (χ0v) is 10.9. The van der Waals surface area contributed by atoms with Gasteiger partial charge in [-0.15, -0.1) is 0 Å². The number of carboxylic acid groups (broad SMARTS) is 2. The van der Waals surface area contributed by atoms with Gasteiger partial charge in [-0.1, -0.05) is 25.7 Å². The first-order valence-corrected chi connectivity index (χ1v) is 6.99. The van der Waals surface area contributed by atoms with Crippen molar-refractivity contribution in [3.63, 3.8) is 0 Å². The average molecular weight is 268 g/mol. The predicted molar refractivity (Wildman–Crippen MR) is 66.6 cm³/mol. The number of carboxylic acids is 2. The Hall–Kier alpha value is -1.39. The first-order chi connectivity index (χ1) is 8.99. The second kappa shape index (κ2) is 5.31. The lowest BCUT2D eigenvalue weighted by molar-refractivity contribution is -0.166. The van der Waals surface area contributed by atoms with Crippen LogP contribution in [0.3, 0.4) is 0 Å². The summed E-state index contributed by atoms with van der Waals surface area (Å²) in [6, 6.07) is 0. The number of Topliss-reactive ketones (excluding diaryl/α,β-unsaturated/α-hetero) is 1. The fraction of sp³-hybridized carbons (Fsp3) is 0.786. The highest BCUT2D eigenvalue weighted by Crippen LogP contribution is 2.55. The van der Waals surface area contributed by atoms with Gasteiger partial charge in [0.15, 0.2) is 0 Å². The standard InChI is InChI=1S/C14H20O5/c15-11(13(18)19)10(12(16)17)14-7-3-1-5-9(14)6-2-4-8-14/h9-10H,1-8H2,(H,16,17)(H,18,19). The molecule has 0 heterocycles. The van der Waals surface area contributed by atoms with Crippen LogP contribution in [0, 0.1) is 17.3 Å². The molecule has 2 N–H and O–H groups in total. The molecule has 106 valence electrons. The van der Waals surface area contributed by atoms with E-state index in [0.29, 0.717) is 12.8 Å². The molecule has 1 unspecified atom stereocenters. The van der Waals surface area contributed by atoms with Gasteiger partial charge in [-0.3, -0.25) is 9.59 Å². The van der Waals surface area contributed by atoms with Gasteiger partial charge in [0, 0.05) is 0 Å². The van der Waals surface area contributed by atoms with Crippen LogP contribution in [0.5, 0.6) is 0 Å². The van der Waals surface area contributed by atoms with Gasteiger partial charge in [-0.05, 0) is 37.0 Å². The van der Waals surface area contributed by atoms with Crippen molar-refractivity contribution in [2.45, 2.75) is 51.4 Å². The third-order valence-electron chi connectivity index (χ3n) is 5.00. The van der Waals surface area contributed by atoms with E-state index in [9.17, 15) is 19.5 Å². The second-order valence-corrected chi connectivity index (χ2v) is 5.86. The van der Waals surface area contributed by atoms with Gasteiger partial charge >= 0.3 is 11.9 Å². The summed E-state index contributed by atoms with van der Waals surface area (Å²) in [6.07, 6.45) is 7.11. The van der Waals surface area contributed by atoms with E-state index >= 15 is 0 Å². The number of ketones is 1. The third kappa shape index (κ3) is 2.38. The summed E-state index contributed by atoms with van der Waals surface area (Å²) in [5, 5.41) is 18.3. The van der Waals surface area contributed by atoms with Crippen LogP contribution in [0.15, 0.2) is 0 Å². The van der Waals surface area contributed by atoms with E-state index in [1.165, 1.54) is 0 Å². The van der Waals surface area contributed by atoms with Crippen LogP contribution in [-0.4, -0.2) is 27.9 Å². The summed E-state index contributed by atoms with van der Waals surface area (Å²) in [7, 11) is 0. The molecule has 2 aliphatic rings. The number of carbonyl (C=O) groups excluding carboxylic acids is 1. The van der Waals surface area contributed by atoms with Crippen LogP contribution in [0.1, 0.15) is 51.4 Å². The van der Waals surface area contributed by atoms with Crippen molar-refractivity contribution < 1.29 is 24.6 Å². The SMILES string of the molecule is O=C(O)C(=O)C(C(=O)O)C12CCCCC1CCCC2. The van der Waals surface area contributed by atoms with E-state index in [2.05, 4.69) is 0 Å². The van der Waals surface area contributed by atoms with Crippen LogP contribution in [-0.2, 0) is 14.4 Å². The Bertz CT molecular complexity index is 389. The van der Waals surface area contributed by atoms with Gasteiger partial charge in [-0.2, -0.15) is 0 Å². The molecule has 19 heavy (non-hydrogen) atoms. The summed E-state index contributed by atoms with van der Waals surface area (Å²) < 4.78 is 0. The Morgan fingerprint density at radius 1 is 0.947 bits per heavy atom. The van der Waals surface area contributed by atoms with Crippen molar-refractivity contribution in [3.05, 3.63) is 0 Å². The van der Waals surface area contributed by atoms with E-state index < -0.39 is 29.1 Å². The zero-order chi connectivity index (χ0) is 14.0. The molecule has 2 saturated carbocycles. The number of fused-ring (bicyclic) bond motifs is 1. The van der Waals surface area contributed by atoms with E-state index in [1.807, 2.05) is 0 Å². The average Bonchev–Trinajstić information content (AvgIpc) is 2.38. The smallest absolute Gasteiger partial charge is 0.373 e. The topological polar surface area (TPSA) is 91.7 Å². The van der Waals surface area contributed by atoms with Gasteiger partial charge < -0.3 is 10.2 Å². The second-order valence-electron chi connectivity index (χ2n) is 5.86. The van der Waals surface area contributed by atoms with Crippen molar-refractivity contribution in [2.24, 2.45) is 17.3 Å². The van der Waals surface area contributed by atoms with Gasteiger partial charge in [0.25, 0.3) is 5.78 Å². The Morgan fingerprint density at radius 3 is 1.89 bits per heavy atom. The largest absolute Gasteiger partial charge is 0.481 e. The monoisotopic (exact) mass is 268 g/mol. The molecule has 0 aromatic carbocycles. The lowest BCUT2D eigenvalue weighted by Crippen LogP contribution is -2.50. The molecule has 2 rings (SSSR count). The van der Waals surface area contributed by atoms with Gasteiger partial charge in [0.1, 0.15) is 5.92 Å². The molecule has 0 aliphatic heterocycles. The maximum Gasteiger partial charge on any atom is 0.373 e. The van der Waals surface area contributed by atoms with Gasteiger partial charge in [-0.25, -0.2) is 4.79 Å². The van der Waals surface area contributed by atoms with Crippen molar-refractivity contribution in [1.29, 1.82) is 0 Å². The van der Waals surface area contributed by atoms with Crippen LogP contribution in [0.2, 0.25) is 0 Å². The minimum Gasteiger partial charge on any atom is -0.481 e. The number of hydrogen-bond acceptors (Lipinski definition) is 3. The predicted octanol–water partition coefficient (Wildman–Crippen LogP) is 2.09. The van der Waals surface area contributed by atoms with Crippen LogP contribution in [0.4, 0.5) is 0 Å². The third-order valence-corrected chi connectivity index (χ3v) is 5.00. The lowest BCUT2D eigenvalue weighted by atomic mass is 9.53. The molecule has 0 bridgehead atoms. The minimum atomic E-state index is -1.61. The Morgan fingerprint density at radius 2 is 1.47 bits per heavy atom. The molecule has 2 fully saturated rings. The Kier molecular flexibility index (Phi) is 3.92. The quantitative estimate of drug-likeness (QED) is 0.601. The highest BCUT2D eigenvalue weighted by Gasteiger charge is 2.54. The van der Waals surface area contributed by atoms with Gasteiger partial charge in [0.05, 0.1) is 0 Å². The van der Waals surface area contributed by atoms with E-state index in [-0.39, 0.29) is 5.92 Å². The Balaban J connectivity index is 2.38. The number of hydrogen-bond donors (Lipinski definition) is 2. The van der Waals surface area contributed by atoms with Crippen molar-refractivity contribution >= 4 is 17.7 Å². The lowest BCUT2D eigenvalue weighted by Gasteiger charge is -2.49. The molecule has 5 nitrogen and oxygen atoms in total. The zero-order valence-electron chi connectivity index (χ0n) is 10.9.